The van der Waals surface area contributed by atoms with Gasteiger partial charge in [-0.25, -0.2) is 13.6 Å². The van der Waals surface area contributed by atoms with Gasteiger partial charge in [0, 0.05) is 5.56 Å². The van der Waals surface area contributed by atoms with Crippen LogP contribution in [0.4, 0.5) is 13.2 Å². The van der Waals surface area contributed by atoms with Crippen molar-refractivity contribution in [2.75, 3.05) is 13.7 Å². The molecule has 0 aliphatic carbocycles. The third-order valence-electron chi connectivity index (χ3n) is 3.30. The summed E-state index contributed by atoms with van der Waals surface area (Å²) >= 11 is 0. The Kier molecular flexibility index (Phi) is 10.3. The van der Waals surface area contributed by atoms with Gasteiger partial charge < -0.3 is 9.47 Å². The molecule has 0 aliphatic heterocycles. The summed E-state index contributed by atoms with van der Waals surface area (Å²) in [6, 6.07) is 0. The van der Waals surface area contributed by atoms with Crippen LogP contribution >= 0.6 is 0 Å². The van der Waals surface area contributed by atoms with Crippen molar-refractivity contribution in [2.24, 2.45) is 0 Å². The van der Waals surface area contributed by atoms with Gasteiger partial charge >= 0.3 is 29.9 Å². The van der Waals surface area contributed by atoms with Crippen molar-refractivity contribution in [3.05, 3.63) is 28.6 Å². The second-order valence-corrected chi connectivity index (χ2v) is 4.92. The van der Waals surface area contributed by atoms with Crippen LogP contribution in [0.2, 0.25) is 0 Å². The zero-order valence-corrected chi connectivity index (χ0v) is 17.8. The first-order valence-corrected chi connectivity index (χ1v) is 7.39. The minimum atomic E-state index is -1.42. The summed E-state index contributed by atoms with van der Waals surface area (Å²) in [5.74, 6) is -5.78. The number of rotatable bonds is 8. The molecule has 3 nitrogen and oxygen atoms in total. The number of methoxy groups -OCH3 is 1. The van der Waals surface area contributed by atoms with Crippen LogP contribution in [0.1, 0.15) is 55.5 Å². The van der Waals surface area contributed by atoms with Crippen molar-refractivity contribution in [2.45, 2.75) is 46.0 Å². The molecule has 0 aromatic heterocycles. The number of hydrogen-bond donors (Lipinski definition) is 0. The summed E-state index contributed by atoms with van der Waals surface area (Å²) in [6.07, 6.45) is 2.65. The predicted octanol–water partition coefficient (Wildman–Crippen LogP) is 3.50. The Morgan fingerprint density at radius 2 is 1.61 bits per heavy atom. The summed E-state index contributed by atoms with van der Waals surface area (Å²) in [5, 5.41) is 0. The van der Waals surface area contributed by atoms with Gasteiger partial charge in [0.15, 0.2) is 17.4 Å². The number of hydrogen-bond acceptors (Lipinski definition) is 3. The van der Waals surface area contributed by atoms with Crippen molar-refractivity contribution in [3.63, 3.8) is 0 Å². The van der Waals surface area contributed by atoms with Crippen molar-refractivity contribution >= 4 is 29.9 Å². The van der Waals surface area contributed by atoms with E-state index in [9.17, 15) is 18.0 Å². The molecular formula is C16H23F3O3Sn. The summed E-state index contributed by atoms with van der Waals surface area (Å²) < 4.78 is 51.7. The van der Waals surface area contributed by atoms with Gasteiger partial charge in [-0.05, 0) is 19.3 Å². The van der Waals surface area contributed by atoms with Crippen LogP contribution in [0.25, 0.3) is 0 Å². The van der Waals surface area contributed by atoms with Gasteiger partial charge in [0.2, 0.25) is 5.82 Å². The summed E-state index contributed by atoms with van der Waals surface area (Å²) in [5.41, 5.74) is -0.862. The fourth-order valence-corrected chi connectivity index (χ4v) is 2.05. The molecule has 0 atom stereocenters. The van der Waals surface area contributed by atoms with Gasteiger partial charge in [0.1, 0.15) is 5.56 Å². The van der Waals surface area contributed by atoms with Gasteiger partial charge in [0.05, 0.1) is 13.7 Å². The van der Waals surface area contributed by atoms with E-state index in [1.807, 2.05) is 13.8 Å². The molecule has 2 radical (unpaired) electrons. The predicted molar refractivity (Wildman–Crippen MR) is 85.2 cm³/mol. The third kappa shape index (κ3) is 5.29. The molecule has 1 rings (SSSR count). The van der Waals surface area contributed by atoms with Crippen LogP contribution in [-0.2, 0) is 11.2 Å². The van der Waals surface area contributed by atoms with Crippen LogP contribution in [0, 0.1) is 17.5 Å². The summed E-state index contributed by atoms with van der Waals surface area (Å²) in [4.78, 5) is 12.0. The van der Waals surface area contributed by atoms with Gasteiger partial charge in [-0.2, -0.15) is 4.39 Å². The van der Waals surface area contributed by atoms with E-state index < -0.39 is 34.7 Å². The van der Waals surface area contributed by atoms with Crippen LogP contribution in [-0.4, -0.2) is 43.6 Å². The Hall–Kier alpha value is -0.921. The van der Waals surface area contributed by atoms with Crippen LogP contribution < -0.4 is 4.74 Å². The van der Waals surface area contributed by atoms with Gasteiger partial charge in [-0.1, -0.05) is 26.7 Å². The average Bonchev–Trinajstić information content (AvgIpc) is 2.50. The topological polar surface area (TPSA) is 35.5 Å². The fraction of sp³-hybridized carbons (Fsp3) is 0.562. The first kappa shape index (κ1) is 22.1. The molecule has 23 heavy (non-hydrogen) atoms. The Bertz CT molecular complexity index is 536. The molecule has 130 valence electrons. The van der Waals surface area contributed by atoms with E-state index >= 15 is 0 Å². The Labute approximate surface area is 151 Å². The molecule has 1 aromatic rings. The SMILES string of the molecule is CCCCOC(=O)c1c(F)c(OC)c(F)c(F)c1CCCC.[SnH2]. The zero-order valence-electron chi connectivity index (χ0n) is 13.8. The quantitative estimate of drug-likeness (QED) is 0.270. The van der Waals surface area contributed by atoms with Crippen molar-refractivity contribution < 1.29 is 27.4 Å². The number of halogens is 3. The van der Waals surface area contributed by atoms with Crippen LogP contribution in [0.3, 0.4) is 0 Å². The standard InChI is InChI=1S/C16H21F3O3.Sn.2H/c1-4-6-8-10-11(16(20)22-9-7-5-2)13(18)15(21-3)14(19)12(10)17;;;/h4-9H2,1-3H3;;;. The van der Waals surface area contributed by atoms with Gasteiger partial charge in [-0.15, -0.1) is 0 Å². The zero-order chi connectivity index (χ0) is 16.7. The second-order valence-electron chi connectivity index (χ2n) is 4.92. The number of unbranched alkanes of at least 4 members (excludes halogenated alkanes) is 2. The van der Waals surface area contributed by atoms with Crippen molar-refractivity contribution in [3.8, 4) is 5.75 Å². The van der Waals surface area contributed by atoms with Gasteiger partial charge in [-0.3, -0.25) is 0 Å². The molecule has 7 heteroatoms. The van der Waals surface area contributed by atoms with Crippen molar-refractivity contribution in [1.82, 2.24) is 0 Å². The van der Waals surface area contributed by atoms with Crippen LogP contribution in [0.5, 0.6) is 5.75 Å². The number of benzene rings is 1. The molecular weight excluding hydrogens is 416 g/mol. The van der Waals surface area contributed by atoms with E-state index in [-0.39, 0.29) is 42.5 Å². The van der Waals surface area contributed by atoms with E-state index in [0.29, 0.717) is 19.3 Å². The third-order valence-corrected chi connectivity index (χ3v) is 3.30. The number of ether oxygens (including phenoxy) is 2. The minimum absolute atomic E-state index is 0. The summed E-state index contributed by atoms with van der Waals surface area (Å²) in [6.45, 7) is 3.86. The van der Waals surface area contributed by atoms with Crippen LogP contribution in [0.15, 0.2) is 0 Å². The summed E-state index contributed by atoms with van der Waals surface area (Å²) in [7, 11) is 1.01. The Morgan fingerprint density at radius 3 is 2.13 bits per heavy atom. The Balaban J connectivity index is 0.00000484. The average molecular weight is 439 g/mol. The molecule has 0 fully saturated rings. The maximum atomic E-state index is 14.3. The van der Waals surface area contributed by atoms with E-state index in [0.717, 1.165) is 13.5 Å². The molecule has 0 saturated heterocycles. The monoisotopic (exact) mass is 440 g/mol. The normalized spacial score (nSPS) is 10.2. The second kappa shape index (κ2) is 10.8. The maximum absolute atomic E-state index is 14.3. The number of carbonyl (C=O) groups excluding carboxylic acids is 1. The molecule has 0 bridgehead atoms. The Morgan fingerprint density at radius 1 is 1.00 bits per heavy atom. The van der Waals surface area contributed by atoms with Gasteiger partial charge in [0.25, 0.3) is 0 Å². The molecule has 0 spiro atoms. The van der Waals surface area contributed by atoms with E-state index in [2.05, 4.69) is 4.74 Å². The molecule has 0 amide bonds. The molecule has 1 aromatic carbocycles. The van der Waals surface area contributed by atoms with E-state index in [4.69, 9.17) is 4.74 Å². The molecule has 0 aliphatic rings. The number of carbonyl (C=O) groups is 1. The first-order chi connectivity index (χ1) is 10.5. The number of esters is 1. The van der Waals surface area contributed by atoms with E-state index in [1.165, 1.54) is 0 Å². The van der Waals surface area contributed by atoms with Crippen molar-refractivity contribution in [1.29, 1.82) is 0 Å². The molecule has 0 N–H and O–H groups in total. The fourth-order valence-electron chi connectivity index (χ4n) is 2.05. The van der Waals surface area contributed by atoms with E-state index in [1.54, 1.807) is 0 Å². The molecule has 0 unspecified atom stereocenters. The molecule has 0 heterocycles. The molecule has 0 saturated carbocycles. The first-order valence-electron chi connectivity index (χ1n) is 7.39.